The quantitative estimate of drug-likeness (QED) is 0.241. The van der Waals surface area contributed by atoms with Gasteiger partial charge in [-0.15, -0.1) is 11.3 Å². The summed E-state index contributed by atoms with van der Waals surface area (Å²) in [7, 11) is 0. The van der Waals surface area contributed by atoms with Crippen LogP contribution in [-0.2, 0) is 17.3 Å². The van der Waals surface area contributed by atoms with Gasteiger partial charge in [-0.05, 0) is 196 Å². The third kappa shape index (κ3) is 7.41. The van der Waals surface area contributed by atoms with Gasteiger partial charge in [0.1, 0.15) is 0 Å². The number of nitrogens with zero attached hydrogens (tertiary/aromatic N) is 2. The summed E-state index contributed by atoms with van der Waals surface area (Å²) in [6.07, 6.45) is 34.5. The number of benzene rings is 2. The summed E-state index contributed by atoms with van der Waals surface area (Å²) >= 11 is 2.19. The lowest BCUT2D eigenvalue weighted by Gasteiger charge is -2.51. The van der Waals surface area contributed by atoms with E-state index < -0.39 is 0 Å². The van der Waals surface area contributed by atoms with Crippen molar-refractivity contribution >= 4 is 57.1 Å². The lowest BCUT2D eigenvalue weighted by atomic mass is 9.31. The molecule has 2 saturated carbocycles. The van der Waals surface area contributed by atoms with Gasteiger partial charge in [-0.25, -0.2) is 0 Å². The monoisotopic (exact) mass is 973 g/mol. The van der Waals surface area contributed by atoms with Crippen LogP contribution in [0.3, 0.4) is 0 Å². The van der Waals surface area contributed by atoms with Crippen LogP contribution in [0.5, 0.6) is 0 Å². The molecule has 2 bridgehead atoms. The molecule has 12 rings (SSSR count). The van der Waals surface area contributed by atoms with Gasteiger partial charge in [0, 0.05) is 32.3 Å². The molecule has 4 heteroatoms. The van der Waals surface area contributed by atoms with Crippen molar-refractivity contribution in [3.05, 3.63) is 145 Å². The molecule has 7 aliphatic carbocycles. The maximum Gasteiger partial charge on any atom is 0.239 e. The minimum absolute atomic E-state index is 0.0265. The normalized spacial score (nSPS) is 28.9. The molecule has 2 aliphatic heterocycles. The smallest absolute Gasteiger partial charge is 0.239 e. The van der Waals surface area contributed by atoms with Gasteiger partial charge in [0.15, 0.2) is 0 Å². The molecule has 0 spiro atoms. The highest BCUT2D eigenvalue weighted by Crippen LogP contribution is 2.63. The van der Waals surface area contributed by atoms with Crippen molar-refractivity contribution in [2.24, 2.45) is 39.4 Å². The second kappa shape index (κ2) is 16.1. The van der Waals surface area contributed by atoms with Crippen LogP contribution in [0.2, 0.25) is 5.82 Å². The Morgan fingerprint density at radius 3 is 2.19 bits per heavy atom. The Hall–Kier alpha value is -4.28. The van der Waals surface area contributed by atoms with Gasteiger partial charge >= 0.3 is 0 Å². The molecule has 2 aromatic carbocycles. The number of hydrogen-bond donors (Lipinski definition) is 0. The van der Waals surface area contributed by atoms with Crippen LogP contribution in [0.15, 0.2) is 118 Å². The highest BCUT2D eigenvalue weighted by molar-refractivity contribution is 7.27. The number of rotatable bonds is 3. The molecule has 9 aliphatic rings. The Balaban J connectivity index is 1.19. The molecule has 4 unspecified atom stereocenters. The molecule has 3 heterocycles. The average Bonchev–Trinajstić information content (AvgIpc) is 3.79. The highest BCUT2D eigenvalue weighted by atomic mass is 32.1. The van der Waals surface area contributed by atoms with Gasteiger partial charge in [0.2, 0.25) is 6.71 Å². The number of hydrogen-bond acceptors (Lipinski definition) is 3. The number of aryl methyl sites for hydroxylation is 1. The summed E-state index contributed by atoms with van der Waals surface area (Å²) in [5, 5.41) is 0. The second-order valence-electron chi connectivity index (χ2n) is 29.1. The molecule has 0 radical (unpaired) electrons. The van der Waals surface area contributed by atoms with E-state index in [1.54, 1.807) is 31.9 Å². The first-order valence-corrected chi connectivity index (χ1v) is 29.3. The maximum absolute atomic E-state index is 2.94. The van der Waals surface area contributed by atoms with Gasteiger partial charge in [-0.2, -0.15) is 0 Å². The second-order valence-corrected chi connectivity index (χ2v) is 30.2. The van der Waals surface area contributed by atoms with Crippen LogP contribution in [-0.4, -0.2) is 12.8 Å². The van der Waals surface area contributed by atoms with Crippen LogP contribution in [0.25, 0.3) is 6.08 Å². The third-order valence-corrected chi connectivity index (χ3v) is 21.6. The Morgan fingerprint density at radius 1 is 0.764 bits per heavy atom. The van der Waals surface area contributed by atoms with Crippen molar-refractivity contribution in [1.29, 1.82) is 0 Å². The van der Waals surface area contributed by atoms with Crippen molar-refractivity contribution < 1.29 is 0 Å². The standard InChI is InChI=1S/C68H85BN2S/c1-40-32-44(63(3,4)5)22-25-54(40)70-56-26-23-45(64(6,7)8)33-53(56)69-60-57(70)34-46(65(9,10)11)35-58(60)71(61-49-37-51-47(38-59(49)72-62(61)69)41(2)43-28-29-68(51,16)39-43)55-27-24-50-52(67(14,15)31-30-66(50,12)13)36-48(55)42-20-18-17-19-21-42/h18,20-23,25-27,32-36,38,41,43,51,53,56H,17,19,24,28-31,37,39H2,1-16H3/t41?,43-,51?,53?,56+,68?/m1/s1. The molecular weight excluding hydrogens is 888 g/mol. The zero-order valence-corrected chi connectivity index (χ0v) is 48.0. The lowest BCUT2D eigenvalue weighted by molar-refractivity contribution is 0.158. The van der Waals surface area contributed by atoms with Crippen LogP contribution >= 0.6 is 11.3 Å². The summed E-state index contributed by atoms with van der Waals surface area (Å²) in [4.78, 5) is 7.31. The topological polar surface area (TPSA) is 6.48 Å². The zero-order valence-electron chi connectivity index (χ0n) is 47.2. The Morgan fingerprint density at radius 2 is 1.50 bits per heavy atom. The van der Waals surface area contributed by atoms with Crippen LogP contribution < -0.4 is 20.0 Å². The number of anilines is 4. The average molecular weight is 973 g/mol. The summed E-state index contributed by atoms with van der Waals surface area (Å²) in [5.41, 5.74) is 24.3. The predicted octanol–water partition coefficient (Wildman–Crippen LogP) is 17.8. The van der Waals surface area contributed by atoms with E-state index in [-0.39, 0.29) is 45.6 Å². The molecule has 0 N–H and O–H groups in total. The van der Waals surface area contributed by atoms with Crippen molar-refractivity contribution in [3.8, 4) is 0 Å². The Kier molecular flexibility index (Phi) is 10.9. The molecule has 6 atom stereocenters. The van der Waals surface area contributed by atoms with Gasteiger partial charge in [0.05, 0.1) is 17.4 Å². The SMILES string of the molecule is Cc1cc(C(C)(C)C)ccc1N1c2cc(C(C)(C)C)cc3c2B(c2sc4c(c2N3C2=CCC3=C(C=C2C2=CCCC=C2)C(C)(C)CCC3(C)C)CC2C(=C4)C(C)[C@@H]3CCC2(C)C3)C2C=C(C(C)(C)C)C=C[C@@H]21. The van der Waals surface area contributed by atoms with Gasteiger partial charge in [-0.3, -0.25) is 0 Å². The first kappa shape index (κ1) is 48.7. The van der Waals surface area contributed by atoms with Crippen LogP contribution in [0.1, 0.15) is 182 Å². The highest BCUT2D eigenvalue weighted by Gasteiger charge is 2.56. The molecule has 3 aromatic rings. The molecule has 376 valence electrons. The number of thiophene rings is 1. The number of allylic oxidation sites excluding steroid dienone is 11. The Bertz CT molecular complexity index is 3090. The third-order valence-electron chi connectivity index (χ3n) is 20.3. The summed E-state index contributed by atoms with van der Waals surface area (Å²) in [5.74, 6) is 2.32. The van der Waals surface area contributed by atoms with E-state index in [4.69, 9.17) is 0 Å². The molecule has 72 heavy (non-hydrogen) atoms. The van der Waals surface area contributed by atoms with E-state index in [0.29, 0.717) is 17.3 Å². The van der Waals surface area contributed by atoms with Gasteiger partial charge in [-0.1, -0.05) is 170 Å². The minimum Gasteiger partial charge on any atom is -0.335 e. The van der Waals surface area contributed by atoms with Crippen LogP contribution in [0.4, 0.5) is 22.7 Å². The zero-order chi connectivity index (χ0) is 51.0. The van der Waals surface area contributed by atoms with Crippen LogP contribution in [0, 0.1) is 46.3 Å². The fraction of sp³-hybridized carbons (Fsp3) is 0.529. The number of fused-ring (bicyclic) bond motifs is 10. The van der Waals surface area contributed by atoms with E-state index in [0.717, 1.165) is 31.6 Å². The van der Waals surface area contributed by atoms with Gasteiger partial charge in [0.25, 0.3) is 0 Å². The fourth-order valence-corrected chi connectivity index (χ4v) is 17.1. The van der Waals surface area contributed by atoms with E-state index in [1.807, 2.05) is 0 Å². The maximum atomic E-state index is 2.94. The molecule has 1 aromatic heterocycles. The first-order valence-electron chi connectivity index (χ1n) is 28.5. The Labute approximate surface area is 440 Å². The van der Waals surface area contributed by atoms with Crippen molar-refractivity contribution in [2.45, 2.75) is 191 Å². The first-order chi connectivity index (χ1) is 33.7. The molecule has 2 nitrogen and oxygen atoms in total. The van der Waals surface area contributed by atoms with Crippen molar-refractivity contribution in [2.75, 3.05) is 9.80 Å². The summed E-state index contributed by atoms with van der Waals surface area (Å²) in [6, 6.07) is 12.9. The molecule has 0 amide bonds. The summed E-state index contributed by atoms with van der Waals surface area (Å²) < 4.78 is 1.60. The fourth-order valence-electron chi connectivity index (χ4n) is 15.6. The lowest BCUT2D eigenvalue weighted by Crippen LogP contribution is -2.61. The molecule has 2 fully saturated rings. The van der Waals surface area contributed by atoms with Gasteiger partial charge < -0.3 is 9.80 Å². The van der Waals surface area contributed by atoms with E-state index in [9.17, 15) is 0 Å². The molecular formula is C68H85BN2S. The van der Waals surface area contributed by atoms with E-state index >= 15 is 0 Å². The van der Waals surface area contributed by atoms with Crippen molar-refractivity contribution in [3.63, 3.8) is 0 Å². The molecule has 0 saturated heterocycles. The summed E-state index contributed by atoms with van der Waals surface area (Å²) in [6.45, 7) is 39.7. The van der Waals surface area contributed by atoms with Crippen molar-refractivity contribution in [1.82, 2.24) is 0 Å². The predicted molar refractivity (Wildman–Crippen MR) is 314 cm³/mol. The van der Waals surface area contributed by atoms with E-state index in [2.05, 4.69) is 217 Å². The minimum atomic E-state index is -0.0836. The van der Waals surface area contributed by atoms with E-state index in [1.165, 1.54) is 99.4 Å². The largest absolute Gasteiger partial charge is 0.335 e.